The first-order valence-corrected chi connectivity index (χ1v) is 10.4. The summed E-state index contributed by atoms with van der Waals surface area (Å²) in [4.78, 5) is 23.2. The molecule has 1 saturated heterocycles. The predicted molar refractivity (Wildman–Crippen MR) is 94.7 cm³/mol. The fraction of sp³-hybridized carbons (Fsp3) is 0.818. The molecule has 3 nitrogen and oxygen atoms in total. The molecular formula is C22H30O3. The molecule has 0 aromatic rings. The Bertz CT molecular complexity index is 656. The SMILES string of the molecule is C[C@]12CC[C@H]3[C@@H](CCC4=CC(=O)CC[C@@]43C)[C@@H]1CC[C@@H]2C1CC(=O)O1. The van der Waals surface area contributed by atoms with Crippen molar-refractivity contribution in [3.63, 3.8) is 0 Å². The van der Waals surface area contributed by atoms with Gasteiger partial charge in [0, 0.05) is 12.3 Å². The standard InChI is InChI=1S/C22H30O3/c1-21-9-7-14(23)11-13(21)3-4-15-16-5-6-18(19-12-20(24)25-19)22(16,2)10-8-17(15)21/h11,15-19H,3-10,12H2,1-2H3/t15-,16-,17-,18+,19?,21-,22-/m0/s1. The molecule has 136 valence electrons. The van der Waals surface area contributed by atoms with Gasteiger partial charge in [-0.2, -0.15) is 0 Å². The Hall–Kier alpha value is -1.12. The molecule has 0 spiro atoms. The maximum absolute atomic E-state index is 11.9. The normalized spacial score (nSPS) is 51.6. The first-order chi connectivity index (χ1) is 11.9. The molecule has 4 aliphatic carbocycles. The van der Waals surface area contributed by atoms with Crippen LogP contribution in [0.3, 0.4) is 0 Å². The third-order valence-electron chi connectivity index (χ3n) is 9.13. The van der Waals surface area contributed by atoms with E-state index in [0.717, 1.165) is 37.0 Å². The summed E-state index contributed by atoms with van der Waals surface area (Å²) < 4.78 is 5.51. The van der Waals surface area contributed by atoms with Crippen LogP contribution in [-0.4, -0.2) is 17.9 Å². The quantitative estimate of drug-likeness (QED) is 0.661. The number of ether oxygens (including phenoxy) is 1. The first-order valence-electron chi connectivity index (χ1n) is 10.4. The van der Waals surface area contributed by atoms with Crippen LogP contribution in [0.25, 0.3) is 0 Å². The summed E-state index contributed by atoms with van der Waals surface area (Å²) in [5, 5.41) is 0. The third kappa shape index (κ3) is 2.10. The molecule has 0 radical (unpaired) electrons. The predicted octanol–water partition coefficient (Wildman–Crippen LogP) is 4.45. The number of hydrogen-bond acceptors (Lipinski definition) is 3. The summed E-state index contributed by atoms with van der Waals surface area (Å²) in [5.41, 5.74) is 2.07. The number of hydrogen-bond donors (Lipinski definition) is 0. The summed E-state index contributed by atoms with van der Waals surface area (Å²) >= 11 is 0. The van der Waals surface area contributed by atoms with Crippen LogP contribution in [0.4, 0.5) is 0 Å². The van der Waals surface area contributed by atoms with E-state index in [1.807, 2.05) is 6.08 Å². The van der Waals surface area contributed by atoms with Gasteiger partial charge in [0.2, 0.25) is 0 Å². The molecule has 0 aromatic heterocycles. The maximum atomic E-state index is 11.9. The van der Waals surface area contributed by atoms with Crippen molar-refractivity contribution in [1.82, 2.24) is 0 Å². The zero-order chi connectivity index (χ0) is 17.4. The smallest absolute Gasteiger partial charge is 0.309 e. The van der Waals surface area contributed by atoms with Crippen LogP contribution in [0.1, 0.15) is 71.6 Å². The fourth-order valence-corrected chi connectivity index (χ4v) is 7.76. The van der Waals surface area contributed by atoms with E-state index in [1.165, 1.54) is 37.7 Å². The van der Waals surface area contributed by atoms with Crippen molar-refractivity contribution in [3.8, 4) is 0 Å². The van der Waals surface area contributed by atoms with Crippen LogP contribution >= 0.6 is 0 Å². The van der Waals surface area contributed by atoms with Crippen molar-refractivity contribution in [1.29, 1.82) is 0 Å². The van der Waals surface area contributed by atoms with Gasteiger partial charge in [-0.25, -0.2) is 0 Å². The third-order valence-corrected chi connectivity index (χ3v) is 9.13. The fourth-order valence-electron chi connectivity index (χ4n) is 7.76. The second kappa shape index (κ2) is 5.20. The number of fused-ring (bicyclic) bond motifs is 5. The number of carbonyl (C=O) groups is 2. The van der Waals surface area contributed by atoms with Crippen LogP contribution in [0.15, 0.2) is 11.6 Å². The Morgan fingerprint density at radius 2 is 1.72 bits per heavy atom. The Morgan fingerprint density at radius 3 is 2.48 bits per heavy atom. The molecule has 5 aliphatic rings. The zero-order valence-electron chi connectivity index (χ0n) is 15.6. The Labute approximate surface area is 150 Å². The summed E-state index contributed by atoms with van der Waals surface area (Å²) in [6.45, 7) is 4.95. The molecule has 5 rings (SSSR count). The second-order valence-electron chi connectivity index (χ2n) is 9.93. The van der Waals surface area contributed by atoms with E-state index < -0.39 is 0 Å². The summed E-state index contributed by atoms with van der Waals surface area (Å²) in [5.74, 6) is 3.26. The van der Waals surface area contributed by atoms with Crippen molar-refractivity contribution in [2.75, 3.05) is 0 Å². The van der Waals surface area contributed by atoms with Crippen LogP contribution in [0, 0.1) is 34.5 Å². The minimum absolute atomic E-state index is 0.00225. The van der Waals surface area contributed by atoms with Gasteiger partial charge < -0.3 is 4.74 Å². The van der Waals surface area contributed by atoms with E-state index in [9.17, 15) is 9.59 Å². The molecule has 0 bridgehead atoms. The Kier molecular flexibility index (Phi) is 3.35. The van der Waals surface area contributed by atoms with Crippen LogP contribution in [-0.2, 0) is 14.3 Å². The molecule has 1 aliphatic heterocycles. The number of cyclic esters (lactones) is 1. The maximum Gasteiger partial charge on any atom is 0.309 e. The molecular weight excluding hydrogens is 312 g/mol. The molecule has 3 saturated carbocycles. The van der Waals surface area contributed by atoms with Gasteiger partial charge in [-0.15, -0.1) is 0 Å². The zero-order valence-corrected chi connectivity index (χ0v) is 15.6. The van der Waals surface area contributed by atoms with Gasteiger partial charge in [0.25, 0.3) is 0 Å². The lowest BCUT2D eigenvalue weighted by molar-refractivity contribution is -0.182. The van der Waals surface area contributed by atoms with Crippen molar-refractivity contribution in [3.05, 3.63) is 11.6 Å². The Balaban J connectivity index is 1.43. The van der Waals surface area contributed by atoms with E-state index >= 15 is 0 Å². The average molecular weight is 342 g/mol. The highest BCUT2D eigenvalue weighted by Gasteiger charge is 2.61. The summed E-state index contributed by atoms with van der Waals surface area (Å²) in [6.07, 6.45) is 12.1. The number of esters is 1. The van der Waals surface area contributed by atoms with Gasteiger partial charge in [-0.05, 0) is 79.6 Å². The minimum atomic E-state index is -0.00225. The van der Waals surface area contributed by atoms with Crippen molar-refractivity contribution in [2.24, 2.45) is 34.5 Å². The van der Waals surface area contributed by atoms with E-state index in [0.29, 0.717) is 23.5 Å². The van der Waals surface area contributed by atoms with Crippen molar-refractivity contribution >= 4 is 11.8 Å². The van der Waals surface area contributed by atoms with E-state index in [1.54, 1.807) is 0 Å². The topological polar surface area (TPSA) is 43.4 Å². The van der Waals surface area contributed by atoms with Crippen LogP contribution in [0.2, 0.25) is 0 Å². The molecule has 4 fully saturated rings. The largest absolute Gasteiger partial charge is 0.461 e. The van der Waals surface area contributed by atoms with Gasteiger partial charge in [0.1, 0.15) is 6.10 Å². The van der Waals surface area contributed by atoms with E-state index in [-0.39, 0.29) is 17.5 Å². The van der Waals surface area contributed by atoms with Crippen LogP contribution < -0.4 is 0 Å². The minimum Gasteiger partial charge on any atom is -0.461 e. The van der Waals surface area contributed by atoms with E-state index in [4.69, 9.17) is 4.74 Å². The molecule has 0 amide bonds. The highest BCUT2D eigenvalue weighted by atomic mass is 16.6. The molecule has 0 N–H and O–H groups in total. The first kappa shape index (κ1) is 16.1. The lowest BCUT2D eigenvalue weighted by atomic mass is 9.46. The van der Waals surface area contributed by atoms with Gasteiger partial charge in [0.05, 0.1) is 6.42 Å². The number of ketones is 1. The number of carbonyl (C=O) groups excluding carboxylic acids is 2. The van der Waals surface area contributed by atoms with Gasteiger partial charge in [0.15, 0.2) is 5.78 Å². The summed E-state index contributed by atoms with van der Waals surface area (Å²) in [6, 6.07) is 0. The monoisotopic (exact) mass is 342 g/mol. The molecule has 1 unspecified atom stereocenters. The van der Waals surface area contributed by atoms with Gasteiger partial charge in [-0.1, -0.05) is 19.4 Å². The molecule has 1 heterocycles. The Morgan fingerprint density at radius 1 is 0.960 bits per heavy atom. The molecule has 0 aromatic carbocycles. The lowest BCUT2D eigenvalue weighted by Gasteiger charge is -2.58. The lowest BCUT2D eigenvalue weighted by Crippen LogP contribution is -2.53. The molecule has 3 heteroatoms. The molecule has 25 heavy (non-hydrogen) atoms. The number of allylic oxidation sites excluding steroid dienone is 1. The van der Waals surface area contributed by atoms with E-state index in [2.05, 4.69) is 13.8 Å². The highest BCUT2D eigenvalue weighted by molar-refractivity contribution is 5.91. The molecule has 7 atom stereocenters. The summed E-state index contributed by atoms with van der Waals surface area (Å²) in [7, 11) is 0. The van der Waals surface area contributed by atoms with Gasteiger partial charge >= 0.3 is 5.97 Å². The van der Waals surface area contributed by atoms with Crippen LogP contribution in [0.5, 0.6) is 0 Å². The number of rotatable bonds is 1. The highest BCUT2D eigenvalue weighted by Crippen LogP contribution is 2.67. The van der Waals surface area contributed by atoms with Crippen molar-refractivity contribution < 1.29 is 14.3 Å². The van der Waals surface area contributed by atoms with Gasteiger partial charge in [-0.3, -0.25) is 9.59 Å². The van der Waals surface area contributed by atoms with Crippen molar-refractivity contribution in [2.45, 2.75) is 77.7 Å². The second-order valence-corrected chi connectivity index (χ2v) is 9.93. The average Bonchev–Trinajstić information content (AvgIpc) is 2.89.